The van der Waals surface area contributed by atoms with Gasteiger partial charge in [-0.1, -0.05) is 48.2 Å². The molecule has 21 heavy (non-hydrogen) atoms. The van der Waals surface area contributed by atoms with Crippen LogP contribution in [-0.2, 0) is 11.2 Å². The summed E-state index contributed by atoms with van der Waals surface area (Å²) in [6.07, 6.45) is 0.706. The van der Waals surface area contributed by atoms with Crippen molar-refractivity contribution in [2.24, 2.45) is 4.99 Å². The van der Waals surface area contributed by atoms with Crippen molar-refractivity contribution in [3.05, 3.63) is 59.8 Å². The summed E-state index contributed by atoms with van der Waals surface area (Å²) in [7, 11) is 0. The molecule has 1 aliphatic heterocycles. The minimum Gasteiger partial charge on any atom is -0.304 e. The maximum atomic E-state index is 12.0. The molecule has 2 aromatic rings. The number of thioether (sulfide) groups is 1. The Kier molecular flexibility index (Phi) is 4.01. The number of pyridine rings is 1. The second kappa shape index (κ2) is 6.10. The zero-order valence-electron chi connectivity index (χ0n) is 11.6. The van der Waals surface area contributed by atoms with E-state index in [1.807, 2.05) is 55.5 Å². The summed E-state index contributed by atoms with van der Waals surface area (Å²) in [6, 6.07) is 15.7. The van der Waals surface area contributed by atoms with E-state index < -0.39 is 0 Å². The molecular formula is C16H15N3OS. The number of aryl methyl sites for hydroxylation is 1. The average Bonchev–Trinajstić information content (AvgIpc) is 2.80. The number of amidine groups is 1. The van der Waals surface area contributed by atoms with Gasteiger partial charge in [0.05, 0.1) is 5.25 Å². The Bertz CT molecular complexity index is 685. The lowest BCUT2D eigenvalue weighted by Crippen LogP contribution is -2.25. The van der Waals surface area contributed by atoms with E-state index in [4.69, 9.17) is 0 Å². The molecule has 1 aromatic carbocycles. The van der Waals surface area contributed by atoms with Gasteiger partial charge in [-0.2, -0.15) is 0 Å². The number of carbonyl (C=O) groups excluding carboxylic acids is 1. The number of nitrogens with zero attached hydrogens (tertiary/aromatic N) is 2. The molecule has 0 saturated carbocycles. The molecule has 1 amide bonds. The highest BCUT2D eigenvalue weighted by Crippen LogP contribution is 2.25. The summed E-state index contributed by atoms with van der Waals surface area (Å²) >= 11 is 1.46. The second-order valence-corrected chi connectivity index (χ2v) is 6.03. The maximum absolute atomic E-state index is 12.0. The van der Waals surface area contributed by atoms with E-state index in [1.165, 1.54) is 11.8 Å². The molecule has 1 aliphatic rings. The molecule has 0 aliphatic carbocycles. The Morgan fingerprint density at radius 1 is 1.19 bits per heavy atom. The van der Waals surface area contributed by atoms with Crippen molar-refractivity contribution in [1.29, 1.82) is 0 Å². The first-order chi connectivity index (χ1) is 10.2. The van der Waals surface area contributed by atoms with Gasteiger partial charge in [-0.05, 0) is 31.0 Å². The SMILES string of the molecule is Cc1cccc(/N=C2\NC(=O)[C@H](Cc3ccccc3)S2)n1. The highest BCUT2D eigenvalue weighted by atomic mass is 32.2. The van der Waals surface area contributed by atoms with Crippen molar-refractivity contribution in [2.75, 3.05) is 0 Å². The summed E-state index contributed by atoms with van der Waals surface area (Å²) < 4.78 is 0. The number of carbonyl (C=O) groups is 1. The quantitative estimate of drug-likeness (QED) is 0.948. The Labute approximate surface area is 127 Å². The molecule has 0 radical (unpaired) electrons. The predicted octanol–water partition coefficient (Wildman–Crippen LogP) is 2.85. The topological polar surface area (TPSA) is 54.4 Å². The predicted molar refractivity (Wildman–Crippen MR) is 85.7 cm³/mol. The van der Waals surface area contributed by atoms with E-state index in [2.05, 4.69) is 15.3 Å². The second-order valence-electron chi connectivity index (χ2n) is 4.84. The average molecular weight is 297 g/mol. The molecule has 0 bridgehead atoms. The number of hydrogen-bond donors (Lipinski definition) is 1. The van der Waals surface area contributed by atoms with Crippen LogP contribution in [0.25, 0.3) is 0 Å². The van der Waals surface area contributed by atoms with Crippen LogP contribution in [0.3, 0.4) is 0 Å². The van der Waals surface area contributed by atoms with Crippen LogP contribution in [0, 0.1) is 6.92 Å². The van der Waals surface area contributed by atoms with Crippen molar-refractivity contribution >= 4 is 28.7 Å². The minimum atomic E-state index is -0.129. The van der Waals surface area contributed by atoms with E-state index in [9.17, 15) is 4.79 Å². The van der Waals surface area contributed by atoms with Crippen molar-refractivity contribution in [3.8, 4) is 0 Å². The molecule has 1 aromatic heterocycles. The molecule has 0 unspecified atom stereocenters. The smallest absolute Gasteiger partial charge is 0.239 e. The van der Waals surface area contributed by atoms with E-state index in [0.717, 1.165) is 11.3 Å². The van der Waals surface area contributed by atoms with Gasteiger partial charge in [-0.3, -0.25) is 4.79 Å². The van der Waals surface area contributed by atoms with Crippen LogP contribution in [0.2, 0.25) is 0 Å². The summed E-state index contributed by atoms with van der Waals surface area (Å²) in [5.41, 5.74) is 2.06. The minimum absolute atomic E-state index is 0.00950. The fourth-order valence-electron chi connectivity index (χ4n) is 2.12. The zero-order valence-corrected chi connectivity index (χ0v) is 12.4. The third-order valence-corrected chi connectivity index (χ3v) is 4.21. The first kappa shape index (κ1) is 13.8. The number of rotatable bonds is 3. The third kappa shape index (κ3) is 3.49. The molecular weight excluding hydrogens is 282 g/mol. The van der Waals surface area contributed by atoms with Gasteiger partial charge >= 0.3 is 0 Å². The number of benzene rings is 1. The standard InChI is InChI=1S/C16H15N3OS/c1-11-6-5-9-14(17-11)18-16-19-15(20)13(21-16)10-12-7-3-2-4-8-12/h2-9,13H,10H2,1H3,(H,17,18,19,20)/t13-/m0/s1. The lowest BCUT2D eigenvalue weighted by Gasteiger charge is -2.04. The largest absolute Gasteiger partial charge is 0.304 e. The van der Waals surface area contributed by atoms with Gasteiger partial charge in [0.25, 0.3) is 0 Å². The fourth-order valence-corrected chi connectivity index (χ4v) is 3.13. The molecule has 1 N–H and O–H groups in total. The maximum Gasteiger partial charge on any atom is 0.239 e. The number of aliphatic imine (C=N–C) groups is 1. The molecule has 1 fully saturated rings. The third-order valence-electron chi connectivity index (χ3n) is 3.13. The molecule has 1 saturated heterocycles. The van der Waals surface area contributed by atoms with E-state index >= 15 is 0 Å². The lowest BCUT2D eigenvalue weighted by molar-refractivity contribution is -0.118. The van der Waals surface area contributed by atoms with Gasteiger partial charge in [0.15, 0.2) is 11.0 Å². The Hall–Kier alpha value is -2.14. The number of aromatic nitrogens is 1. The van der Waals surface area contributed by atoms with Gasteiger partial charge < -0.3 is 5.32 Å². The zero-order chi connectivity index (χ0) is 14.7. The number of hydrogen-bond acceptors (Lipinski definition) is 4. The number of nitrogens with one attached hydrogen (secondary N) is 1. The van der Waals surface area contributed by atoms with Crippen LogP contribution in [0.4, 0.5) is 5.82 Å². The number of amides is 1. The monoisotopic (exact) mass is 297 g/mol. The molecule has 1 atom stereocenters. The van der Waals surface area contributed by atoms with E-state index in [1.54, 1.807) is 0 Å². The highest BCUT2D eigenvalue weighted by molar-refractivity contribution is 8.15. The van der Waals surface area contributed by atoms with Gasteiger partial charge in [0.1, 0.15) is 0 Å². The van der Waals surface area contributed by atoms with Crippen molar-refractivity contribution < 1.29 is 4.79 Å². The van der Waals surface area contributed by atoms with Gasteiger partial charge in [-0.25, -0.2) is 9.98 Å². The molecule has 5 heteroatoms. The summed E-state index contributed by atoms with van der Waals surface area (Å²) in [5.74, 6) is 0.633. The lowest BCUT2D eigenvalue weighted by atomic mass is 10.1. The van der Waals surface area contributed by atoms with E-state index in [0.29, 0.717) is 17.4 Å². The van der Waals surface area contributed by atoms with Gasteiger partial charge in [0, 0.05) is 5.69 Å². The van der Waals surface area contributed by atoms with Gasteiger partial charge in [-0.15, -0.1) is 0 Å². The molecule has 4 nitrogen and oxygen atoms in total. The summed E-state index contributed by atoms with van der Waals surface area (Å²) in [5, 5.41) is 3.32. The molecule has 106 valence electrons. The Balaban J connectivity index is 1.72. The van der Waals surface area contributed by atoms with Crippen LogP contribution in [-0.4, -0.2) is 21.3 Å². The molecule has 0 spiro atoms. The van der Waals surface area contributed by atoms with Crippen molar-refractivity contribution in [3.63, 3.8) is 0 Å². The van der Waals surface area contributed by atoms with Gasteiger partial charge in [0.2, 0.25) is 5.91 Å². The first-order valence-electron chi connectivity index (χ1n) is 6.74. The normalized spacial score (nSPS) is 19.8. The molecule has 2 heterocycles. The van der Waals surface area contributed by atoms with Crippen LogP contribution >= 0.6 is 11.8 Å². The Morgan fingerprint density at radius 3 is 2.76 bits per heavy atom. The Morgan fingerprint density at radius 2 is 2.00 bits per heavy atom. The summed E-state index contributed by atoms with van der Waals surface area (Å²) in [4.78, 5) is 20.7. The van der Waals surface area contributed by atoms with Crippen LogP contribution in [0.5, 0.6) is 0 Å². The van der Waals surface area contributed by atoms with Crippen molar-refractivity contribution in [2.45, 2.75) is 18.6 Å². The van der Waals surface area contributed by atoms with Crippen molar-refractivity contribution in [1.82, 2.24) is 10.3 Å². The van der Waals surface area contributed by atoms with E-state index in [-0.39, 0.29) is 11.2 Å². The fraction of sp³-hybridized carbons (Fsp3) is 0.188. The summed E-state index contributed by atoms with van der Waals surface area (Å²) in [6.45, 7) is 1.92. The van der Waals surface area contributed by atoms with Crippen LogP contribution < -0.4 is 5.32 Å². The first-order valence-corrected chi connectivity index (χ1v) is 7.62. The molecule has 3 rings (SSSR count). The van der Waals surface area contributed by atoms with Crippen LogP contribution in [0.1, 0.15) is 11.3 Å². The van der Waals surface area contributed by atoms with Crippen LogP contribution in [0.15, 0.2) is 53.5 Å². The highest BCUT2D eigenvalue weighted by Gasteiger charge is 2.30.